The number of fused-ring (bicyclic) bond motifs is 1. The highest BCUT2D eigenvalue weighted by Gasteiger charge is 2.29. The molecule has 7 nitrogen and oxygen atoms in total. The van der Waals surface area contributed by atoms with Crippen molar-refractivity contribution in [2.45, 2.75) is 13.0 Å². The molecule has 0 spiro atoms. The van der Waals surface area contributed by atoms with Gasteiger partial charge in [-0.05, 0) is 42.3 Å². The summed E-state index contributed by atoms with van der Waals surface area (Å²) in [5, 5.41) is 9.17. The topological polar surface area (TPSA) is 78.7 Å². The normalized spacial score (nSPS) is 17.1. The van der Waals surface area contributed by atoms with Gasteiger partial charge in [-0.15, -0.1) is 0 Å². The van der Waals surface area contributed by atoms with E-state index in [-0.39, 0.29) is 11.9 Å². The Balaban J connectivity index is 1.51. The molecule has 2 amide bonds. The van der Waals surface area contributed by atoms with Crippen molar-refractivity contribution in [1.82, 2.24) is 19.4 Å². The van der Waals surface area contributed by atoms with Crippen LogP contribution in [0, 0.1) is 0 Å². The minimum atomic E-state index is -0.936. The minimum absolute atomic E-state index is 0.0661. The van der Waals surface area contributed by atoms with Crippen LogP contribution in [0.15, 0.2) is 48.8 Å². The Morgan fingerprint density at radius 2 is 1.79 bits per heavy atom. The summed E-state index contributed by atoms with van der Waals surface area (Å²) in [6, 6.07) is 13.5. The van der Waals surface area contributed by atoms with Gasteiger partial charge in [0.25, 0.3) is 5.91 Å². The van der Waals surface area contributed by atoms with Crippen LogP contribution in [0.5, 0.6) is 0 Å². The van der Waals surface area contributed by atoms with E-state index >= 15 is 0 Å². The molecular weight excluding hydrogens is 356 g/mol. The molecule has 3 aromatic rings. The predicted octanol–water partition coefficient (Wildman–Crippen LogP) is 3.06. The molecule has 7 heteroatoms. The molecule has 1 N–H and O–H groups in total. The molecule has 1 fully saturated rings. The first kappa shape index (κ1) is 18.0. The highest BCUT2D eigenvalue weighted by Crippen LogP contribution is 2.24. The fraction of sp³-hybridized carbons (Fsp3) is 0.286. The number of imidazole rings is 1. The van der Waals surface area contributed by atoms with Crippen molar-refractivity contribution in [2.75, 3.05) is 19.6 Å². The van der Waals surface area contributed by atoms with E-state index < -0.39 is 6.09 Å². The average Bonchev–Trinajstić information content (AvgIpc) is 3.07. The molecular formula is C21H22N4O3. The van der Waals surface area contributed by atoms with Crippen LogP contribution in [-0.4, -0.2) is 62.1 Å². The first-order chi connectivity index (χ1) is 13.4. The van der Waals surface area contributed by atoms with Crippen LogP contribution in [0.4, 0.5) is 4.79 Å². The van der Waals surface area contributed by atoms with Gasteiger partial charge in [-0.25, -0.2) is 9.78 Å². The van der Waals surface area contributed by atoms with Gasteiger partial charge in [-0.2, -0.15) is 0 Å². The molecule has 144 valence electrons. The Hall–Kier alpha value is -3.35. The smallest absolute Gasteiger partial charge is 0.407 e. The van der Waals surface area contributed by atoms with Crippen molar-refractivity contribution in [3.8, 4) is 11.1 Å². The molecule has 1 aliphatic rings. The number of carboxylic acid groups (broad SMARTS) is 1. The Kier molecular flexibility index (Phi) is 4.50. The highest BCUT2D eigenvalue weighted by molar-refractivity contribution is 5.95. The summed E-state index contributed by atoms with van der Waals surface area (Å²) in [5.74, 6) is -0.0661. The molecule has 4 rings (SSSR count). The summed E-state index contributed by atoms with van der Waals surface area (Å²) < 4.78 is 1.98. The number of benzene rings is 2. The van der Waals surface area contributed by atoms with Gasteiger partial charge in [-0.3, -0.25) is 4.79 Å². The van der Waals surface area contributed by atoms with E-state index in [0.29, 0.717) is 25.2 Å². The third kappa shape index (κ3) is 3.19. The summed E-state index contributed by atoms with van der Waals surface area (Å²) in [4.78, 5) is 31.5. The fourth-order valence-electron chi connectivity index (χ4n) is 3.73. The number of aryl methyl sites for hydroxylation is 1. The Morgan fingerprint density at radius 1 is 1.07 bits per heavy atom. The van der Waals surface area contributed by atoms with E-state index in [1.807, 2.05) is 61.0 Å². The molecule has 1 atom stereocenters. The maximum absolute atomic E-state index is 12.8. The maximum Gasteiger partial charge on any atom is 0.407 e. The van der Waals surface area contributed by atoms with Crippen molar-refractivity contribution >= 4 is 23.0 Å². The molecule has 1 aromatic heterocycles. The summed E-state index contributed by atoms with van der Waals surface area (Å²) in [6.07, 6.45) is 0.857. The zero-order valence-electron chi connectivity index (χ0n) is 15.9. The zero-order chi connectivity index (χ0) is 19.8. The number of carbonyl (C=O) groups excluding carboxylic acids is 1. The third-order valence-electron chi connectivity index (χ3n) is 5.35. The second-order valence-corrected chi connectivity index (χ2v) is 7.21. The predicted molar refractivity (Wildman–Crippen MR) is 106 cm³/mol. The van der Waals surface area contributed by atoms with Crippen molar-refractivity contribution in [3.63, 3.8) is 0 Å². The number of nitrogens with zero attached hydrogens (tertiary/aromatic N) is 4. The van der Waals surface area contributed by atoms with E-state index in [1.54, 1.807) is 11.2 Å². The minimum Gasteiger partial charge on any atom is -0.465 e. The number of rotatable bonds is 2. The lowest BCUT2D eigenvalue weighted by molar-refractivity contribution is 0.0507. The standard InChI is InChI=1S/C21H22N4O3/c1-14-12-24(9-10-25(14)21(27)28)20(26)16-5-3-15(4-6-16)17-7-8-19-18(11-17)22-13-23(19)2/h3-8,11,13-14H,9-10,12H2,1-2H3,(H,27,28). The molecule has 1 aliphatic heterocycles. The molecule has 2 aromatic carbocycles. The monoisotopic (exact) mass is 378 g/mol. The van der Waals surface area contributed by atoms with Crippen molar-refractivity contribution in [3.05, 3.63) is 54.4 Å². The average molecular weight is 378 g/mol. The van der Waals surface area contributed by atoms with Gasteiger partial charge < -0.3 is 19.5 Å². The Labute approximate surface area is 162 Å². The van der Waals surface area contributed by atoms with Crippen molar-refractivity contribution in [1.29, 1.82) is 0 Å². The fourth-order valence-corrected chi connectivity index (χ4v) is 3.73. The summed E-state index contributed by atoms with van der Waals surface area (Å²) in [7, 11) is 1.96. The lowest BCUT2D eigenvalue weighted by Gasteiger charge is -2.38. The molecule has 1 saturated heterocycles. The van der Waals surface area contributed by atoms with E-state index in [4.69, 9.17) is 0 Å². The van der Waals surface area contributed by atoms with Crippen LogP contribution >= 0.6 is 0 Å². The summed E-state index contributed by atoms with van der Waals surface area (Å²) >= 11 is 0. The molecule has 0 aliphatic carbocycles. The van der Waals surface area contributed by atoms with Gasteiger partial charge in [0.1, 0.15) is 0 Å². The number of carbonyl (C=O) groups is 2. The summed E-state index contributed by atoms with van der Waals surface area (Å²) in [6.45, 7) is 2.98. The van der Waals surface area contributed by atoms with Gasteiger partial charge in [0.2, 0.25) is 0 Å². The number of hydrogen-bond donors (Lipinski definition) is 1. The van der Waals surface area contributed by atoms with E-state index in [9.17, 15) is 14.7 Å². The molecule has 0 radical (unpaired) electrons. The molecule has 2 heterocycles. The molecule has 28 heavy (non-hydrogen) atoms. The van der Waals surface area contributed by atoms with Crippen LogP contribution in [-0.2, 0) is 7.05 Å². The highest BCUT2D eigenvalue weighted by atomic mass is 16.4. The van der Waals surface area contributed by atoms with E-state index in [0.717, 1.165) is 22.2 Å². The van der Waals surface area contributed by atoms with Crippen LogP contribution in [0.3, 0.4) is 0 Å². The number of aromatic nitrogens is 2. The Bertz CT molecular complexity index is 1040. The van der Waals surface area contributed by atoms with Gasteiger partial charge in [-0.1, -0.05) is 18.2 Å². The first-order valence-corrected chi connectivity index (χ1v) is 9.24. The molecule has 1 unspecified atom stereocenters. The number of hydrogen-bond acceptors (Lipinski definition) is 3. The van der Waals surface area contributed by atoms with Crippen molar-refractivity contribution in [2.24, 2.45) is 7.05 Å². The van der Waals surface area contributed by atoms with Crippen LogP contribution < -0.4 is 0 Å². The quantitative estimate of drug-likeness (QED) is 0.743. The number of piperazine rings is 1. The maximum atomic E-state index is 12.8. The van der Waals surface area contributed by atoms with E-state index in [2.05, 4.69) is 4.98 Å². The van der Waals surface area contributed by atoms with Crippen LogP contribution in [0.2, 0.25) is 0 Å². The largest absolute Gasteiger partial charge is 0.465 e. The summed E-state index contributed by atoms with van der Waals surface area (Å²) in [5.41, 5.74) is 4.69. The zero-order valence-corrected chi connectivity index (χ0v) is 15.9. The van der Waals surface area contributed by atoms with Gasteiger partial charge in [0.15, 0.2) is 0 Å². The van der Waals surface area contributed by atoms with E-state index in [1.165, 1.54) is 4.90 Å². The van der Waals surface area contributed by atoms with Crippen molar-refractivity contribution < 1.29 is 14.7 Å². The molecule has 0 bridgehead atoms. The lowest BCUT2D eigenvalue weighted by Crippen LogP contribution is -2.55. The molecule has 0 saturated carbocycles. The van der Waals surface area contributed by atoms with Gasteiger partial charge in [0, 0.05) is 38.3 Å². The number of amides is 2. The van der Waals surface area contributed by atoms with Gasteiger partial charge in [0.05, 0.1) is 17.4 Å². The van der Waals surface area contributed by atoms with Crippen LogP contribution in [0.1, 0.15) is 17.3 Å². The van der Waals surface area contributed by atoms with Crippen LogP contribution in [0.25, 0.3) is 22.2 Å². The second-order valence-electron chi connectivity index (χ2n) is 7.21. The first-order valence-electron chi connectivity index (χ1n) is 9.24. The Morgan fingerprint density at radius 3 is 2.46 bits per heavy atom. The third-order valence-corrected chi connectivity index (χ3v) is 5.35. The SMILES string of the molecule is CC1CN(C(=O)c2ccc(-c3ccc4c(c3)ncn4C)cc2)CCN1C(=O)O. The van der Waals surface area contributed by atoms with Gasteiger partial charge >= 0.3 is 6.09 Å². The lowest BCUT2D eigenvalue weighted by atomic mass is 10.0. The second kappa shape index (κ2) is 6.99.